The fraction of sp³-hybridized carbons (Fsp3) is 0.692. The summed E-state index contributed by atoms with van der Waals surface area (Å²) in [6.45, 7) is 5.45. The van der Waals surface area contributed by atoms with Crippen LogP contribution in [0.2, 0.25) is 0 Å². The topological polar surface area (TPSA) is 65.4 Å². The number of aromatic nitrogens is 2. The van der Waals surface area contributed by atoms with Gasteiger partial charge in [-0.25, -0.2) is 4.79 Å². The van der Waals surface area contributed by atoms with E-state index in [0.29, 0.717) is 25.3 Å². The minimum atomic E-state index is -0.327. The van der Waals surface area contributed by atoms with Gasteiger partial charge in [0.15, 0.2) is 0 Å². The highest BCUT2D eigenvalue weighted by atomic mass is 16.5. The van der Waals surface area contributed by atoms with Gasteiger partial charge in [-0.1, -0.05) is 6.92 Å². The van der Waals surface area contributed by atoms with Crippen LogP contribution in [0.3, 0.4) is 0 Å². The summed E-state index contributed by atoms with van der Waals surface area (Å²) >= 11 is 0. The van der Waals surface area contributed by atoms with Crippen LogP contribution >= 0.6 is 0 Å². The van der Waals surface area contributed by atoms with Gasteiger partial charge in [0.05, 0.1) is 25.1 Å². The maximum Gasteiger partial charge on any atom is 0.341 e. The molecule has 19 heavy (non-hydrogen) atoms. The normalized spacial score (nSPS) is 12.4. The molecule has 0 aliphatic carbocycles. The first-order chi connectivity index (χ1) is 9.13. The summed E-state index contributed by atoms with van der Waals surface area (Å²) in [6.07, 6.45) is 2.51. The molecule has 6 heteroatoms. The van der Waals surface area contributed by atoms with Crippen LogP contribution in [0.25, 0.3) is 0 Å². The third-order valence-electron chi connectivity index (χ3n) is 2.98. The van der Waals surface area contributed by atoms with Crippen molar-refractivity contribution >= 4 is 5.97 Å². The zero-order chi connectivity index (χ0) is 14.3. The summed E-state index contributed by atoms with van der Waals surface area (Å²) in [5, 5.41) is 7.47. The van der Waals surface area contributed by atoms with Crippen LogP contribution in [0.1, 0.15) is 36.3 Å². The highest BCUT2D eigenvalue weighted by Crippen LogP contribution is 2.10. The number of carbonyl (C=O) groups is 1. The van der Waals surface area contributed by atoms with Crippen molar-refractivity contribution in [1.29, 1.82) is 0 Å². The van der Waals surface area contributed by atoms with Gasteiger partial charge in [-0.2, -0.15) is 5.10 Å². The maximum absolute atomic E-state index is 11.8. The number of ether oxygens (including phenoxy) is 2. The minimum absolute atomic E-state index is 0.259. The number of rotatable bonds is 8. The van der Waals surface area contributed by atoms with E-state index in [2.05, 4.69) is 17.3 Å². The van der Waals surface area contributed by atoms with Gasteiger partial charge in [-0.15, -0.1) is 0 Å². The summed E-state index contributed by atoms with van der Waals surface area (Å²) in [6, 6.07) is 0.259. The van der Waals surface area contributed by atoms with E-state index in [9.17, 15) is 4.79 Å². The van der Waals surface area contributed by atoms with Gasteiger partial charge >= 0.3 is 5.97 Å². The Morgan fingerprint density at radius 3 is 2.84 bits per heavy atom. The lowest BCUT2D eigenvalue weighted by Crippen LogP contribution is -2.33. The standard InChI is InChI=1S/C13H23N3O3/c1-5-10(9-18-4)14-8-12-11(7-15-16(12)3)13(17)19-6-2/h7,10,14H,5-6,8-9H2,1-4H3. The van der Waals surface area contributed by atoms with Crippen LogP contribution in [0.5, 0.6) is 0 Å². The highest BCUT2D eigenvalue weighted by molar-refractivity contribution is 5.90. The fourth-order valence-electron chi connectivity index (χ4n) is 1.82. The van der Waals surface area contributed by atoms with Crippen molar-refractivity contribution < 1.29 is 14.3 Å². The maximum atomic E-state index is 11.8. The molecule has 0 amide bonds. The second-order valence-corrected chi connectivity index (χ2v) is 4.29. The first-order valence-electron chi connectivity index (χ1n) is 6.54. The van der Waals surface area contributed by atoms with Gasteiger partial charge in [0, 0.05) is 26.7 Å². The summed E-state index contributed by atoms with van der Waals surface area (Å²) in [7, 11) is 3.50. The molecule has 6 nitrogen and oxygen atoms in total. The van der Waals surface area contributed by atoms with Crippen LogP contribution < -0.4 is 5.32 Å². The molecule has 0 saturated carbocycles. The lowest BCUT2D eigenvalue weighted by Gasteiger charge is -2.16. The van der Waals surface area contributed by atoms with Gasteiger partial charge in [-0.3, -0.25) is 4.68 Å². The Kier molecular flexibility index (Phi) is 6.52. The van der Waals surface area contributed by atoms with Gasteiger partial charge in [0.1, 0.15) is 5.56 Å². The number of esters is 1. The van der Waals surface area contributed by atoms with E-state index in [1.54, 1.807) is 24.9 Å². The van der Waals surface area contributed by atoms with Crippen LogP contribution in [0.4, 0.5) is 0 Å². The van der Waals surface area contributed by atoms with E-state index < -0.39 is 0 Å². The molecule has 108 valence electrons. The van der Waals surface area contributed by atoms with E-state index in [1.165, 1.54) is 0 Å². The van der Waals surface area contributed by atoms with E-state index >= 15 is 0 Å². The highest BCUT2D eigenvalue weighted by Gasteiger charge is 2.17. The van der Waals surface area contributed by atoms with E-state index in [-0.39, 0.29) is 12.0 Å². The number of nitrogens with zero attached hydrogens (tertiary/aromatic N) is 2. The number of methoxy groups -OCH3 is 1. The molecule has 0 fully saturated rings. The Morgan fingerprint density at radius 2 is 2.26 bits per heavy atom. The molecule has 0 aromatic carbocycles. The molecule has 1 unspecified atom stereocenters. The Labute approximate surface area is 114 Å². The van der Waals surface area contributed by atoms with Gasteiger partial charge < -0.3 is 14.8 Å². The predicted octanol–water partition coefficient (Wildman–Crippen LogP) is 1.11. The second kappa shape index (κ2) is 7.91. The first kappa shape index (κ1) is 15.7. The SMILES string of the molecule is CCOC(=O)c1cnn(C)c1CNC(CC)COC. The number of carbonyl (C=O) groups excluding carboxylic acids is 1. The molecular weight excluding hydrogens is 246 g/mol. The second-order valence-electron chi connectivity index (χ2n) is 4.29. The Morgan fingerprint density at radius 1 is 1.53 bits per heavy atom. The van der Waals surface area contributed by atoms with Crippen molar-refractivity contribution in [2.75, 3.05) is 20.3 Å². The monoisotopic (exact) mass is 269 g/mol. The van der Waals surface area contributed by atoms with Gasteiger partial charge in [-0.05, 0) is 13.3 Å². The minimum Gasteiger partial charge on any atom is -0.462 e. The van der Waals surface area contributed by atoms with Crippen molar-refractivity contribution in [3.8, 4) is 0 Å². The summed E-state index contributed by atoms with van der Waals surface area (Å²) in [5.41, 5.74) is 1.34. The summed E-state index contributed by atoms with van der Waals surface area (Å²) in [5.74, 6) is -0.327. The number of aryl methyl sites for hydroxylation is 1. The van der Waals surface area contributed by atoms with Crippen molar-refractivity contribution in [1.82, 2.24) is 15.1 Å². The smallest absolute Gasteiger partial charge is 0.341 e. The molecule has 1 rings (SSSR count). The lowest BCUT2D eigenvalue weighted by atomic mass is 10.2. The molecule has 1 N–H and O–H groups in total. The van der Waals surface area contributed by atoms with E-state index in [0.717, 1.165) is 12.1 Å². The predicted molar refractivity (Wildman–Crippen MR) is 72.0 cm³/mol. The third kappa shape index (κ3) is 4.33. The van der Waals surface area contributed by atoms with Crippen LogP contribution in [-0.4, -0.2) is 42.1 Å². The zero-order valence-electron chi connectivity index (χ0n) is 12.1. The molecule has 0 aliphatic heterocycles. The molecule has 0 aliphatic rings. The zero-order valence-corrected chi connectivity index (χ0v) is 12.1. The van der Waals surface area contributed by atoms with Crippen molar-refractivity contribution in [3.63, 3.8) is 0 Å². The number of hydrogen-bond donors (Lipinski definition) is 1. The molecule has 1 aromatic heterocycles. The van der Waals surface area contributed by atoms with Crippen LogP contribution in [-0.2, 0) is 23.1 Å². The number of hydrogen-bond acceptors (Lipinski definition) is 5. The molecule has 0 bridgehead atoms. The van der Waals surface area contributed by atoms with E-state index in [1.807, 2.05) is 7.05 Å². The van der Waals surface area contributed by atoms with Crippen molar-refractivity contribution in [2.45, 2.75) is 32.9 Å². The van der Waals surface area contributed by atoms with Crippen molar-refractivity contribution in [2.24, 2.45) is 7.05 Å². The molecule has 0 spiro atoms. The molecular formula is C13H23N3O3. The number of nitrogens with one attached hydrogen (secondary N) is 1. The fourth-order valence-corrected chi connectivity index (χ4v) is 1.82. The first-order valence-corrected chi connectivity index (χ1v) is 6.54. The Balaban J connectivity index is 2.71. The van der Waals surface area contributed by atoms with Crippen molar-refractivity contribution in [3.05, 3.63) is 17.5 Å². The van der Waals surface area contributed by atoms with Gasteiger partial charge in [0.2, 0.25) is 0 Å². The summed E-state index contributed by atoms with van der Waals surface area (Å²) in [4.78, 5) is 11.8. The summed E-state index contributed by atoms with van der Waals surface area (Å²) < 4.78 is 11.8. The lowest BCUT2D eigenvalue weighted by molar-refractivity contribution is 0.0524. The average molecular weight is 269 g/mol. The molecule has 1 aromatic rings. The molecule has 0 radical (unpaired) electrons. The quantitative estimate of drug-likeness (QED) is 0.716. The molecule has 0 saturated heterocycles. The molecule has 1 atom stereocenters. The Bertz CT molecular complexity index is 404. The third-order valence-corrected chi connectivity index (χ3v) is 2.98. The van der Waals surface area contributed by atoms with Crippen LogP contribution in [0.15, 0.2) is 6.20 Å². The van der Waals surface area contributed by atoms with Crippen LogP contribution in [0, 0.1) is 0 Å². The van der Waals surface area contributed by atoms with Gasteiger partial charge in [0.25, 0.3) is 0 Å². The molecule has 1 heterocycles. The average Bonchev–Trinajstić information content (AvgIpc) is 2.76. The largest absolute Gasteiger partial charge is 0.462 e. The van der Waals surface area contributed by atoms with E-state index in [4.69, 9.17) is 9.47 Å². The Hall–Kier alpha value is -1.40.